The van der Waals surface area contributed by atoms with E-state index in [2.05, 4.69) is 22.0 Å². The fraction of sp³-hybridized carbons (Fsp3) is 0.421. The lowest BCUT2D eigenvalue weighted by atomic mass is 9.98. The fourth-order valence-electron chi connectivity index (χ4n) is 4.68. The predicted molar refractivity (Wildman–Crippen MR) is 96.6 cm³/mol. The molecule has 2 fully saturated rings. The lowest BCUT2D eigenvalue weighted by Crippen LogP contribution is -2.40. The summed E-state index contributed by atoms with van der Waals surface area (Å²) >= 11 is 0. The van der Waals surface area contributed by atoms with Crippen molar-refractivity contribution in [3.63, 3.8) is 0 Å². The largest absolute Gasteiger partial charge is 0.445 e. The van der Waals surface area contributed by atoms with Crippen LogP contribution in [0.15, 0.2) is 35.1 Å². The number of aromatic nitrogens is 3. The second-order valence-electron chi connectivity index (χ2n) is 7.40. The molecule has 1 aromatic carbocycles. The van der Waals surface area contributed by atoms with E-state index in [1.165, 1.54) is 12.8 Å². The molecule has 0 radical (unpaired) electrons. The Hall–Kier alpha value is -2.67. The highest BCUT2D eigenvalue weighted by Gasteiger charge is 2.40. The van der Waals surface area contributed by atoms with Gasteiger partial charge in [-0.3, -0.25) is 9.48 Å². The van der Waals surface area contributed by atoms with Crippen LogP contribution >= 0.6 is 0 Å². The number of fused-ring (bicyclic) bond motifs is 3. The molecule has 2 N–H and O–H groups in total. The third kappa shape index (κ3) is 2.27. The number of hydrogen-bond acceptors (Lipinski definition) is 5. The summed E-state index contributed by atoms with van der Waals surface area (Å²) in [6.45, 7) is 0. The summed E-state index contributed by atoms with van der Waals surface area (Å²) in [5.74, 6) is 0.0669. The molecule has 2 saturated heterocycles. The second-order valence-corrected chi connectivity index (χ2v) is 7.40. The van der Waals surface area contributed by atoms with Crippen LogP contribution in [-0.2, 0) is 0 Å². The highest BCUT2D eigenvalue weighted by atomic mass is 16.3. The van der Waals surface area contributed by atoms with E-state index >= 15 is 0 Å². The highest BCUT2D eigenvalue weighted by molar-refractivity contribution is 6.04. The summed E-state index contributed by atoms with van der Waals surface area (Å²) in [5.41, 5.74) is 7.72. The van der Waals surface area contributed by atoms with Crippen LogP contribution in [0.3, 0.4) is 0 Å². The van der Waals surface area contributed by atoms with Crippen LogP contribution in [0.2, 0.25) is 0 Å². The van der Waals surface area contributed by atoms with Crippen molar-refractivity contribution >= 4 is 16.8 Å². The molecule has 0 aliphatic carbocycles. The zero-order valence-electron chi connectivity index (χ0n) is 14.6. The lowest BCUT2D eigenvalue weighted by molar-refractivity contribution is 0.0993. The van der Waals surface area contributed by atoms with Gasteiger partial charge < -0.3 is 15.1 Å². The Bertz CT molecular complexity index is 963. The van der Waals surface area contributed by atoms with Crippen molar-refractivity contribution in [1.82, 2.24) is 19.7 Å². The first kappa shape index (κ1) is 15.6. The minimum Gasteiger partial charge on any atom is -0.445 e. The Kier molecular flexibility index (Phi) is 3.40. The minimum atomic E-state index is -0.492. The zero-order chi connectivity index (χ0) is 17.8. The Morgan fingerprint density at radius 3 is 2.65 bits per heavy atom. The van der Waals surface area contributed by atoms with Crippen LogP contribution in [0.5, 0.6) is 0 Å². The number of carbonyl (C=O) groups is 1. The standard InChI is InChI=1S/C19H21N5O2/c1-23-12-3-4-13(23)10-14(9-12)24-16-8-11(19-21-6-7-26-19)2-5-15(16)17(22-24)18(20)25/h2,5-8,12-14H,3-4,9-10H2,1H3,(H2,20,25). The van der Waals surface area contributed by atoms with Crippen molar-refractivity contribution in [1.29, 1.82) is 0 Å². The molecule has 0 saturated carbocycles. The first-order valence-corrected chi connectivity index (χ1v) is 9.05. The summed E-state index contributed by atoms with van der Waals surface area (Å²) < 4.78 is 7.44. The average Bonchev–Trinajstić information content (AvgIpc) is 3.32. The van der Waals surface area contributed by atoms with Crippen molar-refractivity contribution in [2.45, 2.75) is 43.8 Å². The van der Waals surface area contributed by atoms with Crippen LogP contribution in [-0.4, -0.2) is 44.7 Å². The molecule has 2 aliphatic heterocycles. The summed E-state index contributed by atoms with van der Waals surface area (Å²) in [4.78, 5) is 18.6. The van der Waals surface area contributed by atoms with Crippen LogP contribution < -0.4 is 5.73 Å². The number of benzene rings is 1. The van der Waals surface area contributed by atoms with E-state index in [1.54, 1.807) is 12.5 Å². The summed E-state index contributed by atoms with van der Waals surface area (Å²) in [6.07, 6.45) is 7.75. The topological polar surface area (TPSA) is 90.2 Å². The van der Waals surface area contributed by atoms with Crippen LogP contribution in [0, 0.1) is 0 Å². The number of carbonyl (C=O) groups excluding carboxylic acids is 1. The molecule has 7 nitrogen and oxygen atoms in total. The van der Waals surface area contributed by atoms with E-state index < -0.39 is 5.91 Å². The van der Waals surface area contributed by atoms with Gasteiger partial charge >= 0.3 is 0 Å². The molecule has 3 aromatic rings. The van der Waals surface area contributed by atoms with E-state index in [0.29, 0.717) is 23.7 Å². The molecular formula is C19H21N5O2. The number of oxazole rings is 1. The van der Waals surface area contributed by atoms with Gasteiger partial charge in [0.25, 0.3) is 5.91 Å². The van der Waals surface area contributed by atoms with E-state index in [4.69, 9.17) is 10.2 Å². The first-order chi connectivity index (χ1) is 12.6. The second kappa shape index (κ2) is 5.67. The Morgan fingerprint density at radius 2 is 2.00 bits per heavy atom. The number of nitrogens with zero attached hydrogens (tertiary/aromatic N) is 4. The molecule has 7 heteroatoms. The molecule has 0 spiro atoms. The number of amides is 1. The molecule has 1 amide bonds. The van der Waals surface area contributed by atoms with Crippen LogP contribution in [0.1, 0.15) is 42.2 Å². The van der Waals surface area contributed by atoms with Gasteiger partial charge in [-0.1, -0.05) is 0 Å². The lowest BCUT2D eigenvalue weighted by Gasteiger charge is -2.36. The summed E-state index contributed by atoms with van der Waals surface area (Å²) in [7, 11) is 2.22. The van der Waals surface area contributed by atoms with E-state index in [0.717, 1.165) is 29.3 Å². The predicted octanol–water partition coefficient (Wildman–Crippen LogP) is 2.59. The number of nitrogens with two attached hydrogens (primary N) is 1. The molecule has 26 heavy (non-hydrogen) atoms. The maximum absolute atomic E-state index is 11.9. The van der Waals surface area contributed by atoms with Gasteiger partial charge in [-0.05, 0) is 50.9 Å². The number of primary amides is 1. The van der Waals surface area contributed by atoms with Gasteiger partial charge in [0.1, 0.15) is 6.26 Å². The van der Waals surface area contributed by atoms with Crippen molar-refractivity contribution in [3.8, 4) is 11.5 Å². The van der Waals surface area contributed by atoms with E-state index in [1.807, 2.05) is 22.9 Å². The van der Waals surface area contributed by atoms with Crippen molar-refractivity contribution in [2.24, 2.45) is 5.73 Å². The third-order valence-corrected chi connectivity index (χ3v) is 6.04. The van der Waals surface area contributed by atoms with Gasteiger partial charge in [0, 0.05) is 23.0 Å². The normalized spacial score (nSPS) is 25.8. The minimum absolute atomic E-state index is 0.277. The zero-order valence-corrected chi connectivity index (χ0v) is 14.6. The van der Waals surface area contributed by atoms with Gasteiger partial charge in [-0.25, -0.2) is 4.98 Å². The Balaban J connectivity index is 1.64. The van der Waals surface area contributed by atoms with Crippen LogP contribution in [0.4, 0.5) is 0 Å². The van der Waals surface area contributed by atoms with Gasteiger partial charge in [-0.2, -0.15) is 5.10 Å². The van der Waals surface area contributed by atoms with Crippen molar-refractivity contribution in [3.05, 3.63) is 36.4 Å². The molecule has 2 atom stereocenters. The van der Waals surface area contributed by atoms with Gasteiger partial charge in [0.2, 0.25) is 5.89 Å². The van der Waals surface area contributed by atoms with Gasteiger partial charge in [-0.15, -0.1) is 0 Å². The Morgan fingerprint density at radius 1 is 1.23 bits per heavy atom. The van der Waals surface area contributed by atoms with Crippen LogP contribution in [0.25, 0.3) is 22.4 Å². The van der Waals surface area contributed by atoms with E-state index in [9.17, 15) is 4.79 Å². The SMILES string of the molecule is CN1C2CCC1CC(n1nc(C(N)=O)c3ccc(-c4ncco4)cc31)C2. The summed E-state index contributed by atoms with van der Waals surface area (Å²) in [5, 5.41) is 5.42. The van der Waals surface area contributed by atoms with Crippen molar-refractivity contribution < 1.29 is 9.21 Å². The van der Waals surface area contributed by atoms with Crippen molar-refractivity contribution in [2.75, 3.05) is 7.05 Å². The van der Waals surface area contributed by atoms with E-state index in [-0.39, 0.29) is 6.04 Å². The number of rotatable bonds is 3. The molecule has 2 aromatic heterocycles. The maximum Gasteiger partial charge on any atom is 0.269 e. The highest BCUT2D eigenvalue weighted by Crippen LogP contribution is 2.41. The quantitative estimate of drug-likeness (QED) is 0.783. The van der Waals surface area contributed by atoms with Gasteiger partial charge in [0.05, 0.1) is 17.8 Å². The summed E-state index contributed by atoms with van der Waals surface area (Å²) in [6, 6.07) is 7.24. The molecule has 2 bridgehead atoms. The molecule has 5 rings (SSSR count). The molecule has 2 aliphatic rings. The molecule has 134 valence electrons. The molecular weight excluding hydrogens is 330 g/mol. The monoisotopic (exact) mass is 351 g/mol. The molecule has 4 heterocycles. The first-order valence-electron chi connectivity index (χ1n) is 9.05. The third-order valence-electron chi connectivity index (χ3n) is 6.04. The Labute approximate surface area is 150 Å². The maximum atomic E-state index is 11.9. The smallest absolute Gasteiger partial charge is 0.269 e. The number of hydrogen-bond donors (Lipinski definition) is 1. The fourth-order valence-corrected chi connectivity index (χ4v) is 4.68. The molecule has 2 unspecified atom stereocenters. The number of piperidine rings is 1. The average molecular weight is 351 g/mol. The van der Waals surface area contributed by atoms with Gasteiger partial charge in [0.15, 0.2) is 5.69 Å².